The largest absolute Gasteiger partial charge is 0.465 e. The molecular weight excluding hydrogens is 362 g/mol. The van der Waals surface area contributed by atoms with Crippen LogP contribution in [0.25, 0.3) is 0 Å². The van der Waals surface area contributed by atoms with Crippen molar-refractivity contribution < 1.29 is 24.6 Å². The topological polar surface area (TPSA) is 128 Å². The summed E-state index contributed by atoms with van der Waals surface area (Å²) in [6.07, 6.45) is -0.421. The third-order valence-corrected chi connectivity index (χ3v) is 4.52. The first-order chi connectivity index (χ1) is 13.3. The Morgan fingerprint density at radius 1 is 1.07 bits per heavy atom. The Labute approximate surface area is 164 Å². The van der Waals surface area contributed by atoms with E-state index in [2.05, 4.69) is 16.0 Å². The van der Waals surface area contributed by atoms with Gasteiger partial charge in [-0.25, -0.2) is 4.79 Å². The summed E-state index contributed by atoms with van der Waals surface area (Å²) in [4.78, 5) is 36.0. The van der Waals surface area contributed by atoms with E-state index in [9.17, 15) is 19.5 Å². The molecule has 1 aromatic rings. The first kappa shape index (κ1) is 21.7. The highest BCUT2D eigenvalue weighted by atomic mass is 16.4. The van der Waals surface area contributed by atoms with Gasteiger partial charge in [-0.15, -0.1) is 0 Å². The maximum absolute atomic E-state index is 12.7. The third kappa shape index (κ3) is 7.19. The van der Waals surface area contributed by atoms with Crippen LogP contribution in [-0.4, -0.2) is 52.4 Å². The van der Waals surface area contributed by atoms with Crippen molar-refractivity contribution in [2.45, 2.75) is 63.8 Å². The van der Waals surface area contributed by atoms with Crippen molar-refractivity contribution in [2.24, 2.45) is 5.92 Å². The minimum absolute atomic E-state index is 0.0811. The zero-order valence-electron chi connectivity index (χ0n) is 16.2. The van der Waals surface area contributed by atoms with Gasteiger partial charge in [0.2, 0.25) is 5.91 Å². The maximum atomic E-state index is 12.7. The molecule has 5 N–H and O–H groups in total. The molecule has 8 heteroatoms. The Morgan fingerprint density at radius 3 is 2.25 bits per heavy atom. The summed E-state index contributed by atoms with van der Waals surface area (Å²) in [6, 6.07) is 7.43. The minimum atomic E-state index is -1.44. The van der Waals surface area contributed by atoms with Gasteiger partial charge >= 0.3 is 6.09 Å². The SMILES string of the molecule is CC(C)C[C@H](NC(=O)O)C(=O)N[C@@H](Cc1ccccc1)C(O)C(=O)NC1CC1. The smallest absolute Gasteiger partial charge is 0.405 e. The molecule has 28 heavy (non-hydrogen) atoms. The average Bonchev–Trinajstić information content (AvgIpc) is 3.44. The number of carboxylic acid groups (broad SMARTS) is 1. The summed E-state index contributed by atoms with van der Waals surface area (Å²) >= 11 is 0. The number of aliphatic hydroxyl groups is 1. The van der Waals surface area contributed by atoms with Crippen LogP contribution < -0.4 is 16.0 Å². The van der Waals surface area contributed by atoms with Gasteiger partial charge in [0.15, 0.2) is 6.10 Å². The van der Waals surface area contributed by atoms with Crippen LogP contribution in [0.2, 0.25) is 0 Å². The van der Waals surface area contributed by atoms with E-state index in [0.29, 0.717) is 6.42 Å². The van der Waals surface area contributed by atoms with Crippen molar-refractivity contribution >= 4 is 17.9 Å². The van der Waals surface area contributed by atoms with Gasteiger partial charge in [-0.1, -0.05) is 44.2 Å². The summed E-state index contributed by atoms with van der Waals surface area (Å²) in [7, 11) is 0. The van der Waals surface area contributed by atoms with Gasteiger partial charge in [-0.3, -0.25) is 9.59 Å². The fourth-order valence-electron chi connectivity index (χ4n) is 2.94. The van der Waals surface area contributed by atoms with Crippen molar-refractivity contribution in [3.63, 3.8) is 0 Å². The molecule has 0 aliphatic heterocycles. The molecule has 0 spiro atoms. The van der Waals surface area contributed by atoms with Crippen LogP contribution in [0.3, 0.4) is 0 Å². The summed E-state index contributed by atoms with van der Waals surface area (Å²) < 4.78 is 0. The molecule has 0 saturated heterocycles. The van der Waals surface area contributed by atoms with Crippen LogP contribution in [0.4, 0.5) is 4.79 Å². The second-order valence-electron chi connectivity index (χ2n) is 7.66. The van der Waals surface area contributed by atoms with Gasteiger partial charge < -0.3 is 26.2 Å². The Morgan fingerprint density at radius 2 is 1.71 bits per heavy atom. The predicted molar refractivity (Wildman–Crippen MR) is 104 cm³/mol. The van der Waals surface area contributed by atoms with Gasteiger partial charge in [0.05, 0.1) is 6.04 Å². The molecule has 8 nitrogen and oxygen atoms in total. The van der Waals surface area contributed by atoms with Gasteiger partial charge in [0, 0.05) is 6.04 Å². The highest BCUT2D eigenvalue weighted by Gasteiger charge is 2.33. The third-order valence-electron chi connectivity index (χ3n) is 4.52. The molecule has 0 radical (unpaired) electrons. The molecule has 1 saturated carbocycles. The van der Waals surface area contributed by atoms with Gasteiger partial charge in [0.25, 0.3) is 5.91 Å². The van der Waals surface area contributed by atoms with E-state index in [-0.39, 0.29) is 18.4 Å². The molecular formula is C20H29N3O5. The Hall–Kier alpha value is -2.61. The fourth-order valence-corrected chi connectivity index (χ4v) is 2.94. The number of aliphatic hydroxyl groups excluding tert-OH is 1. The lowest BCUT2D eigenvalue weighted by Gasteiger charge is -2.27. The number of amides is 3. The van der Waals surface area contributed by atoms with Crippen molar-refractivity contribution in [1.82, 2.24) is 16.0 Å². The average molecular weight is 391 g/mol. The number of carbonyl (C=O) groups excluding carboxylic acids is 2. The highest BCUT2D eigenvalue weighted by molar-refractivity contribution is 5.87. The standard InChI is InChI=1S/C20H29N3O5/c1-12(2)10-16(23-20(27)28)18(25)22-15(11-13-6-4-3-5-7-13)17(24)19(26)21-14-8-9-14/h3-7,12,14-17,23-24H,8-11H2,1-2H3,(H,21,26)(H,22,25)(H,27,28)/t15-,16-,17?/m0/s1. The molecule has 1 aromatic carbocycles. The second kappa shape index (κ2) is 10.1. The van der Waals surface area contributed by atoms with Crippen molar-refractivity contribution in [3.8, 4) is 0 Å². The van der Waals surface area contributed by atoms with E-state index in [4.69, 9.17) is 5.11 Å². The van der Waals surface area contributed by atoms with Crippen LogP contribution >= 0.6 is 0 Å². The summed E-state index contributed by atoms with van der Waals surface area (Å²) in [6.45, 7) is 3.76. The van der Waals surface area contributed by atoms with Gasteiger partial charge in [-0.05, 0) is 37.2 Å². The quantitative estimate of drug-likeness (QED) is 0.407. The van der Waals surface area contributed by atoms with Crippen LogP contribution in [0, 0.1) is 5.92 Å². The molecule has 0 aromatic heterocycles. The molecule has 3 amide bonds. The molecule has 2 rings (SSSR count). The zero-order chi connectivity index (χ0) is 20.7. The van der Waals surface area contributed by atoms with Crippen molar-refractivity contribution in [2.75, 3.05) is 0 Å². The molecule has 1 unspecified atom stereocenters. The van der Waals surface area contributed by atoms with E-state index < -0.39 is 36.1 Å². The molecule has 1 fully saturated rings. The van der Waals surface area contributed by atoms with E-state index in [1.54, 1.807) is 0 Å². The van der Waals surface area contributed by atoms with Crippen molar-refractivity contribution in [3.05, 3.63) is 35.9 Å². The molecule has 3 atom stereocenters. The summed E-state index contributed by atoms with van der Waals surface area (Å²) in [5, 5.41) is 27.2. The van der Waals surface area contributed by atoms with E-state index in [0.717, 1.165) is 18.4 Å². The molecule has 0 heterocycles. The van der Waals surface area contributed by atoms with E-state index in [1.807, 2.05) is 44.2 Å². The molecule has 1 aliphatic rings. The van der Waals surface area contributed by atoms with Crippen molar-refractivity contribution in [1.29, 1.82) is 0 Å². The van der Waals surface area contributed by atoms with Gasteiger partial charge in [0.1, 0.15) is 6.04 Å². The Bertz CT molecular complexity index is 676. The number of rotatable bonds is 10. The van der Waals surface area contributed by atoms with E-state index in [1.165, 1.54) is 0 Å². The summed E-state index contributed by atoms with van der Waals surface area (Å²) in [5.74, 6) is -1.01. The fraction of sp³-hybridized carbons (Fsp3) is 0.550. The number of nitrogens with one attached hydrogen (secondary N) is 3. The van der Waals surface area contributed by atoms with Crippen LogP contribution in [0.1, 0.15) is 38.7 Å². The predicted octanol–water partition coefficient (Wildman–Crippen LogP) is 1.04. The second-order valence-corrected chi connectivity index (χ2v) is 7.66. The van der Waals surface area contributed by atoms with Crippen LogP contribution in [-0.2, 0) is 16.0 Å². The Balaban J connectivity index is 2.12. The molecule has 0 bridgehead atoms. The Kier molecular flexibility index (Phi) is 7.80. The lowest BCUT2D eigenvalue weighted by molar-refractivity contribution is -0.132. The number of carbonyl (C=O) groups is 3. The first-order valence-corrected chi connectivity index (χ1v) is 9.58. The van der Waals surface area contributed by atoms with Crippen LogP contribution in [0.15, 0.2) is 30.3 Å². The van der Waals surface area contributed by atoms with Crippen LogP contribution in [0.5, 0.6) is 0 Å². The number of hydrogen-bond donors (Lipinski definition) is 5. The summed E-state index contributed by atoms with van der Waals surface area (Å²) in [5.41, 5.74) is 0.845. The minimum Gasteiger partial charge on any atom is -0.465 e. The monoisotopic (exact) mass is 391 g/mol. The normalized spacial score (nSPS) is 16.7. The lowest BCUT2D eigenvalue weighted by atomic mass is 9.98. The number of hydrogen-bond acceptors (Lipinski definition) is 4. The number of benzene rings is 1. The lowest BCUT2D eigenvalue weighted by Crippen LogP contribution is -2.56. The maximum Gasteiger partial charge on any atom is 0.405 e. The highest BCUT2D eigenvalue weighted by Crippen LogP contribution is 2.19. The van der Waals surface area contributed by atoms with E-state index >= 15 is 0 Å². The molecule has 154 valence electrons. The molecule has 1 aliphatic carbocycles. The van der Waals surface area contributed by atoms with Gasteiger partial charge in [-0.2, -0.15) is 0 Å². The first-order valence-electron chi connectivity index (χ1n) is 9.58. The zero-order valence-corrected chi connectivity index (χ0v) is 16.2.